The van der Waals surface area contributed by atoms with Crippen molar-refractivity contribution in [3.63, 3.8) is 0 Å². The highest BCUT2D eigenvalue weighted by Crippen LogP contribution is 2.37. The molecule has 1 aromatic rings. The van der Waals surface area contributed by atoms with E-state index >= 15 is 0 Å². The van der Waals surface area contributed by atoms with Gasteiger partial charge in [0.25, 0.3) is 0 Å². The Labute approximate surface area is 129 Å². The van der Waals surface area contributed by atoms with Gasteiger partial charge in [0.2, 0.25) is 0 Å². The van der Waals surface area contributed by atoms with Crippen LogP contribution in [0.2, 0.25) is 0 Å². The van der Waals surface area contributed by atoms with Gasteiger partial charge in [-0.3, -0.25) is 0 Å². The van der Waals surface area contributed by atoms with Crippen molar-refractivity contribution in [1.82, 2.24) is 0 Å². The van der Waals surface area contributed by atoms with Gasteiger partial charge in [-0.2, -0.15) is 0 Å². The summed E-state index contributed by atoms with van der Waals surface area (Å²) in [5, 5.41) is 0. The minimum absolute atomic E-state index is 0.317. The molecule has 0 unspecified atom stereocenters. The van der Waals surface area contributed by atoms with Crippen LogP contribution in [-0.2, 0) is 9.31 Å². The average Bonchev–Trinajstić information content (AvgIpc) is 3.10. The second kappa shape index (κ2) is 4.75. The fourth-order valence-electron chi connectivity index (χ4n) is 2.10. The van der Waals surface area contributed by atoms with Crippen molar-refractivity contribution in [2.24, 2.45) is 0 Å². The average molecular weight is 339 g/mol. The topological polar surface area (TPSA) is 27.7 Å². The first kappa shape index (κ1) is 14.4. The van der Waals surface area contributed by atoms with Crippen molar-refractivity contribution < 1.29 is 14.0 Å². The fraction of sp³-hybridized carbons (Fsp3) is 0.600. The largest absolute Gasteiger partial charge is 0.494 e. The lowest BCUT2D eigenvalue weighted by Crippen LogP contribution is -2.41. The zero-order chi connectivity index (χ0) is 14.5. The number of benzene rings is 1. The van der Waals surface area contributed by atoms with Gasteiger partial charge in [0.1, 0.15) is 5.75 Å². The molecule has 1 aliphatic heterocycles. The van der Waals surface area contributed by atoms with E-state index in [-0.39, 0.29) is 18.3 Å². The first-order chi connectivity index (χ1) is 9.28. The van der Waals surface area contributed by atoms with E-state index in [1.54, 1.807) is 0 Å². The molecule has 0 radical (unpaired) electrons. The summed E-state index contributed by atoms with van der Waals surface area (Å²) in [6.07, 6.45) is 2.67. The van der Waals surface area contributed by atoms with Crippen LogP contribution in [0.15, 0.2) is 22.7 Å². The number of rotatable bonds is 3. The Morgan fingerprint density at radius 2 is 1.75 bits per heavy atom. The number of ether oxygens (including phenoxy) is 1. The van der Waals surface area contributed by atoms with Gasteiger partial charge in [-0.1, -0.05) is 6.07 Å². The van der Waals surface area contributed by atoms with E-state index in [1.165, 1.54) is 0 Å². The van der Waals surface area contributed by atoms with Gasteiger partial charge in [-0.05, 0) is 74.1 Å². The van der Waals surface area contributed by atoms with Crippen LogP contribution in [0.5, 0.6) is 5.75 Å². The lowest BCUT2D eigenvalue weighted by Gasteiger charge is -2.32. The van der Waals surface area contributed by atoms with Crippen molar-refractivity contribution in [2.75, 3.05) is 0 Å². The van der Waals surface area contributed by atoms with Crippen LogP contribution >= 0.6 is 15.9 Å². The number of halogens is 1. The zero-order valence-corrected chi connectivity index (χ0v) is 14.0. The summed E-state index contributed by atoms with van der Waals surface area (Å²) in [5.41, 5.74) is 0.368. The van der Waals surface area contributed by atoms with E-state index in [9.17, 15) is 0 Å². The highest BCUT2D eigenvalue weighted by Gasteiger charge is 2.51. The van der Waals surface area contributed by atoms with Crippen LogP contribution in [0.1, 0.15) is 40.5 Å². The summed E-state index contributed by atoms with van der Waals surface area (Å²) in [7, 11) is -0.338. The van der Waals surface area contributed by atoms with E-state index in [4.69, 9.17) is 14.0 Å². The fourth-order valence-corrected chi connectivity index (χ4v) is 2.44. The molecule has 5 heteroatoms. The first-order valence-corrected chi connectivity index (χ1v) is 7.89. The SMILES string of the molecule is CC1(C)OB(c2ccc(Br)c(OC3CC3)c2)OC1(C)C. The highest BCUT2D eigenvalue weighted by molar-refractivity contribution is 9.10. The normalized spacial score (nSPS) is 23.9. The highest BCUT2D eigenvalue weighted by atomic mass is 79.9. The lowest BCUT2D eigenvalue weighted by atomic mass is 9.79. The molecular weight excluding hydrogens is 319 g/mol. The van der Waals surface area contributed by atoms with Crippen LogP contribution in [0, 0.1) is 0 Å². The molecule has 20 heavy (non-hydrogen) atoms. The second-order valence-electron chi connectivity index (χ2n) is 6.60. The summed E-state index contributed by atoms with van der Waals surface area (Å²) in [4.78, 5) is 0. The third-order valence-corrected chi connectivity index (χ3v) is 4.95. The van der Waals surface area contributed by atoms with Gasteiger partial charge in [0, 0.05) is 0 Å². The van der Waals surface area contributed by atoms with Crippen molar-refractivity contribution in [3.05, 3.63) is 22.7 Å². The van der Waals surface area contributed by atoms with Gasteiger partial charge in [0.05, 0.1) is 21.8 Å². The maximum atomic E-state index is 6.07. The summed E-state index contributed by atoms with van der Waals surface area (Å²) in [6, 6.07) is 6.04. The zero-order valence-electron chi connectivity index (χ0n) is 12.4. The summed E-state index contributed by atoms with van der Waals surface area (Å²) < 4.78 is 19.0. The van der Waals surface area contributed by atoms with Crippen LogP contribution in [0.4, 0.5) is 0 Å². The van der Waals surface area contributed by atoms with Crippen molar-refractivity contribution >= 4 is 28.5 Å². The molecule has 1 heterocycles. The second-order valence-corrected chi connectivity index (χ2v) is 7.45. The summed E-state index contributed by atoms with van der Waals surface area (Å²) >= 11 is 3.53. The standard InChI is InChI=1S/C15H20BBrO3/c1-14(2)15(3,4)20-16(19-14)10-5-8-12(17)13(9-10)18-11-6-7-11/h5,8-9,11H,6-7H2,1-4H3. The smallest absolute Gasteiger partial charge is 0.489 e. The Balaban J connectivity index is 1.84. The molecule has 3 nitrogen and oxygen atoms in total. The van der Waals surface area contributed by atoms with Gasteiger partial charge in [0.15, 0.2) is 0 Å². The Hall–Kier alpha value is -0.515. The quantitative estimate of drug-likeness (QED) is 0.791. The summed E-state index contributed by atoms with van der Waals surface area (Å²) in [5.74, 6) is 0.875. The molecule has 0 N–H and O–H groups in total. The van der Waals surface area contributed by atoms with Crippen LogP contribution in [0.3, 0.4) is 0 Å². The van der Waals surface area contributed by atoms with Crippen molar-refractivity contribution in [1.29, 1.82) is 0 Å². The lowest BCUT2D eigenvalue weighted by molar-refractivity contribution is 0.00578. The van der Waals surface area contributed by atoms with Crippen LogP contribution in [0.25, 0.3) is 0 Å². The Kier molecular flexibility index (Phi) is 3.43. The van der Waals surface area contributed by atoms with Gasteiger partial charge >= 0.3 is 7.12 Å². The predicted octanol–water partition coefficient (Wildman–Crippen LogP) is 3.29. The maximum Gasteiger partial charge on any atom is 0.494 e. The van der Waals surface area contributed by atoms with E-state index in [0.29, 0.717) is 6.10 Å². The molecule has 1 saturated heterocycles. The van der Waals surface area contributed by atoms with E-state index < -0.39 is 0 Å². The van der Waals surface area contributed by atoms with E-state index in [1.807, 2.05) is 18.2 Å². The van der Waals surface area contributed by atoms with Gasteiger partial charge in [-0.15, -0.1) is 0 Å². The molecule has 3 rings (SSSR count). The molecule has 0 atom stereocenters. The van der Waals surface area contributed by atoms with Crippen molar-refractivity contribution in [2.45, 2.75) is 57.8 Å². The molecule has 0 amide bonds. The minimum Gasteiger partial charge on any atom is -0.489 e. The molecule has 2 fully saturated rings. The minimum atomic E-state index is -0.338. The van der Waals surface area contributed by atoms with Crippen molar-refractivity contribution in [3.8, 4) is 5.75 Å². The predicted molar refractivity (Wildman–Crippen MR) is 83.5 cm³/mol. The molecule has 1 aromatic carbocycles. The Morgan fingerprint density at radius 3 is 2.30 bits per heavy atom. The molecule has 1 saturated carbocycles. The summed E-state index contributed by atoms with van der Waals surface area (Å²) in [6.45, 7) is 8.25. The molecular formula is C15H20BBrO3. The monoisotopic (exact) mass is 338 g/mol. The maximum absolute atomic E-state index is 6.07. The van der Waals surface area contributed by atoms with Crippen LogP contribution < -0.4 is 10.2 Å². The van der Waals surface area contributed by atoms with E-state index in [0.717, 1.165) is 28.5 Å². The molecule has 0 bridgehead atoms. The number of hydrogen-bond donors (Lipinski definition) is 0. The molecule has 108 valence electrons. The molecule has 2 aliphatic rings. The third-order valence-electron chi connectivity index (χ3n) is 4.30. The number of hydrogen-bond acceptors (Lipinski definition) is 3. The van der Waals surface area contributed by atoms with Gasteiger partial charge in [-0.25, -0.2) is 0 Å². The van der Waals surface area contributed by atoms with Crippen LogP contribution in [-0.4, -0.2) is 24.4 Å². The van der Waals surface area contributed by atoms with E-state index in [2.05, 4.69) is 43.6 Å². The molecule has 0 aromatic heterocycles. The Morgan fingerprint density at radius 1 is 1.15 bits per heavy atom. The third kappa shape index (κ3) is 2.63. The first-order valence-electron chi connectivity index (χ1n) is 7.10. The Bertz CT molecular complexity index is 510. The molecule has 0 spiro atoms. The van der Waals surface area contributed by atoms with Gasteiger partial charge < -0.3 is 14.0 Å². The molecule has 1 aliphatic carbocycles.